The molecule has 0 heterocycles. The number of aliphatic hydroxyl groups is 1. The topological polar surface area (TPSA) is 29.5 Å². The fourth-order valence-corrected chi connectivity index (χ4v) is 2.02. The van der Waals surface area contributed by atoms with Gasteiger partial charge in [0.2, 0.25) is 0 Å². The molecule has 0 aromatic heterocycles. The highest BCUT2D eigenvalue weighted by Gasteiger charge is 2.38. The molecular formula is C12H15FO2. The van der Waals surface area contributed by atoms with Crippen molar-refractivity contribution in [3.8, 4) is 5.75 Å². The van der Waals surface area contributed by atoms with E-state index < -0.39 is 5.60 Å². The van der Waals surface area contributed by atoms with Gasteiger partial charge >= 0.3 is 0 Å². The van der Waals surface area contributed by atoms with Crippen LogP contribution in [0.25, 0.3) is 0 Å². The third-order valence-electron chi connectivity index (χ3n) is 3.17. The number of aryl methyl sites for hydroxylation is 1. The minimum atomic E-state index is -0.943. The van der Waals surface area contributed by atoms with Gasteiger partial charge in [-0.15, -0.1) is 0 Å². The molecule has 82 valence electrons. The Kier molecular flexibility index (Phi) is 2.43. The first-order valence-electron chi connectivity index (χ1n) is 5.14. The van der Waals surface area contributed by atoms with Gasteiger partial charge in [0.15, 0.2) is 0 Å². The summed E-state index contributed by atoms with van der Waals surface area (Å²) in [6, 6.07) is 3.04. The molecule has 2 rings (SSSR count). The molecular weight excluding hydrogens is 195 g/mol. The van der Waals surface area contributed by atoms with Gasteiger partial charge in [-0.3, -0.25) is 0 Å². The predicted molar refractivity (Wildman–Crippen MR) is 55.4 cm³/mol. The van der Waals surface area contributed by atoms with Crippen LogP contribution in [0.4, 0.5) is 4.39 Å². The van der Waals surface area contributed by atoms with E-state index in [1.165, 1.54) is 13.2 Å². The minimum absolute atomic E-state index is 0.375. The van der Waals surface area contributed by atoms with Crippen molar-refractivity contribution in [2.24, 2.45) is 0 Å². The van der Waals surface area contributed by atoms with Crippen LogP contribution in [0.2, 0.25) is 0 Å². The molecule has 0 aliphatic heterocycles. The van der Waals surface area contributed by atoms with Crippen LogP contribution in [0.1, 0.15) is 30.4 Å². The summed E-state index contributed by atoms with van der Waals surface area (Å²) in [6.07, 6.45) is 2.26. The van der Waals surface area contributed by atoms with Gasteiger partial charge in [-0.05, 0) is 37.8 Å². The molecule has 3 heteroatoms. The Morgan fingerprint density at radius 1 is 1.40 bits per heavy atom. The lowest BCUT2D eigenvalue weighted by Crippen LogP contribution is -2.34. The lowest BCUT2D eigenvalue weighted by Gasteiger charge is -2.37. The Morgan fingerprint density at radius 2 is 2.07 bits per heavy atom. The van der Waals surface area contributed by atoms with Gasteiger partial charge in [0, 0.05) is 11.6 Å². The van der Waals surface area contributed by atoms with Gasteiger partial charge in [0.05, 0.1) is 12.7 Å². The Morgan fingerprint density at radius 3 is 2.53 bits per heavy atom. The lowest BCUT2D eigenvalue weighted by molar-refractivity contribution is -0.0417. The monoisotopic (exact) mass is 210 g/mol. The second-order valence-electron chi connectivity index (χ2n) is 4.19. The summed E-state index contributed by atoms with van der Waals surface area (Å²) in [5.41, 5.74) is 0.322. The molecule has 0 unspecified atom stereocenters. The number of methoxy groups -OCH3 is 1. The van der Waals surface area contributed by atoms with E-state index in [-0.39, 0.29) is 5.82 Å². The molecule has 2 nitrogen and oxygen atoms in total. The van der Waals surface area contributed by atoms with Crippen molar-refractivity contribution in [3.05, 3.63) is 29.1 Å². The predicted octanol–water partition coefficient (Wildman–Crippen LogP) is 2.51. The fourth-order valence-electron chi connectivity index (χ4n) is 2.02. The second-order valence-corrected chi connectivity index (χ2v) is 4.19. The van der Waals surface area contributed by atoms with Gasteiger partial charge in [0.25, 0.3) is 0 Å². The van der Waals surface area contributed by atoms with Crippen LogP contribution in [0.3, 0.4) is 0 Å². The van der Waals surface area contributed by atoms with E-state index in [9.17, 15) is 9.50 Å². The van der Waals surface area contributed by atoms with E-state index in [0.717, 1.165) is 12.0 Å². The SMILES string of the molecule is COc1cc(F)c(C2(O)CCC2)cc1C. The molecule has 0 saturated heterocycles. The molecule has 1 aliphatic rings. The molecule has 0 bridgehead atoms. The van der Waals surface area contributed by atoms with E-state index in [0.29, 0.717) is 24.2 Å². The van der Waals surface area contributed by atoms with Crippen LogP contribution < -0.4 is 4.74 Å². The second kappa shape index (κ2) is 3.49. The zero-order valence-corrected chi connectivity index (χ0v) is 9.01. The van der Waals surface area contributed by atoms with Crippen molar-refractivity contribution in [2.75, 3.05) is 7.11 Å². The van der Waals surface area contributed by atoms with Crippen molar-refractivity contribution >= 4 is 0 Å². The molecule has 1 fully saturated rings. The summed E-state index contributed by atoms with van der Waals surface area (Å²) >= 11 is 0. The van der Waals surface area contributed by atoms with Crippen molar-refractivity contribution in [1.82, 2.24) is 0 Å². The quantitative estimate of drug-likeness (QED) is 0.812. The van der Waals surface area contributed by atoms with Crippen LogP contribution in [0.15, 0.2) is 12.1 Å². The average Bonchev–Trinajstić information content (AvgIpc) is 2.17. The summed E-state index contributed by atoms with van der Waals surface area (Å²) in [4.78, 5) is 0. The van der Waals surface area contributed by atoms with Crippen LogP contribution in [0.5, 0.6) is 5.75 Å². The highest BCUT2D eigenvalue weighted by atomic mass is 19.1. The largest absolute Gasteiger partial charge is 0.496 e. The number of hydrogen-bond donors (Lipinski definition) is 1. The Balaban J connectivity index is 2.45. The summed E-state index contributed by atoms with van der Waals surface area (Å²) in [7, 11) is 1.51. The molecule has 1 saturated carbocycles. The Bertz CT molecular complexity index is 383. The zero-order chi connectivity index (χ0) is 11.1. The van der Waals surface area contributed by atoms with Gasteiger partial charge in [-0.2, -0.15) is 0 Å². The molecule has 0 radical (unpaired) electrons. The third-order valence-corrected chi connectivity index (χ3v) is 3.17. The highest BCUT2D eigenvalue weighted by Crippen LogP contribution is 2.43. The van der Waals surface area contributed by atoms with E-state index in [1.807, 2.05) is 6.92 Å². The third kappa shape index (κ3) is 1.61. The smallest absolute Gasteiger partial charge is 0.132 e. The molecule has 1 N–H and O–H groups in total. The van der Waals surface area contributed by atoms with E-state index in [4.69, 9.17) is 4.74 Å². The maximum Gasteiger partial charge on any atom is 0.132 e. The van der Waals surface area contributed by atoms with Crippen molar-refractivity contribution in [3.63, 3.8) is 0 Å². The molecule has 0 spiro atoms. The normalized spacial score (nSPS) is 18.4. The highest BCUT2D eigenvalue weighted by molar-refractivity contribution is 5.40. The molecule has 1 aromatic rings. The van der Waals surface area contributed by atoms with E-state index in [2.05, 4.69) is 0 Å². The first-order chi connectivity index (χ1) is 7.07. The maximum atomic E-state index is 13.7. The first kappa shape index (κ1) is 10.4. The molecule has 0 atom stereocenters. The number of halogens is 1. The first-order valence-corrected chi connectivity index (χ1v) is 5.14. The zero-order valence-electron chi connectivity index (χ0n) is 9.01. The van der Waals surface area contributed by atoms with Gasteiger partial charge in [0.1, 0.15) is 11.6 Å². The number of rotatable bonds is 2. The van der Waals surface area contributed by atoms with Crippen LogP contribution in [-0.2, 0) is 5.60 Å². The number of hydrogen-bond acceptors (Lipinski definition) is 2. The van der Waals surface area contributed by atoms with Crippen LogP contribution in [0, 0.1) is 12.7 Å². The standard InChI is InChI=1S/C12H15FO2/c1-8-6-9(12(14)4-3-5-12)10(13)7-11(8)15-2/h6-7,14H,3-5H2,1-2H3. The van der Waals surface area contributed by atoms with E-state index in [1.54, 1.807) is 6.07 Å². The summed E-state index contributed by atoms with van der Waals surface area (Å²) < 4.78 is 18.7. The van der Waals surface area contributed by atoms with E-state index >= 15 is 0 Å². The van der Waals surface area contributed by atoms with Crippen molar-refractivity contribution in [2.45, 2.75) is 31.8 Å². The Labute approximate surface area is 88.7 Å². The van der Waals surface area contributed by atoms with Crippen LogP contribution in [-0.4, -0.2) is 12.2 Å². The van der Waals surface area contributed by atoms with Crippen LogP contribution >= 0.6 is 0 Å². The molecule has 1 aliphatic carbocycles. The summed E-state index contributed by atoms with van der Waals surface area (Å²) in [5.74, 6) is 0.152. The lowest BCUT2D eigenvalue weighted by atomic mass is 9.74. The molecule has 15 heavy (non-hydrogen) atoms. The van der Waals surface area contributed by atoms with Gasteiger partial charge in [-0.1, -0.05) is 0 Å². The average molecular weight is 210 g/mol. The van der Waals surface area contributed by atoms with Gasteiger partial charge < -0.3 is 9.84 Å². The van der Waals surface area contributed by atoms with Crippen molar-refractivity contribution in [1.29, 1.82) is 0 Å². The summed E-state index contributed by atoms with van der Waals surface area (Å²) in [6.45, 7) is 1.85. The molecule has 0 amide bonds. The van der Waals surface area contributed by atoms with Gasteiger partial charge in [-0.25, -0.2) is 4.39 Å². The van der Waals surface area contributed by atoms with Crippen molar-refractivity contribution < 1.29 is 14.2 Å². The fraction of sp³-hybridized carbons (Fsp3) is 0.500. The minimum Gasteiger partial charge on any atom is -0.496 e. The summed E-state index contributed by atoms with van der Waals surface area (Å²) in [5, 5.41) is 10.1. The Hall–Kier alpha value is -1.09. The molecule has 1 aromatic carbocycles. The maximum absolute atomic E-state index is 13.7. The number of ether oxygens (including phenoxy) is 1. The number of benzene rings is 1.